The molecule has 0 spiro atoms. The number of hydrogen-bond donors (Lipinski definition) is 1. The zero-order valence-electron chi connectivity index (χ0n) is 11.7. The van der Waals surface area contributed by atoms with E-state index >= 15 is 0 Å². The number of benzene rings is 1. The fourth-order valence-electron chi connectivity index (χ4n) is 3.27. The van der Waals surface area contributed by atoms with Crippen molar-refractivity contribution < 1.29 is 0 Å². The van der Waals surface area contributed by atoms with E-state index in [4.69, 9.17) is 5.73 Å². The molecule has 1 aliphatic rings. The predicted molar refractivity (Wildman–Crippen MR) is 77.4 cm³/mol. The van der Waals surface area contributed by atoms with Crippen molar-refractivity contribution >= 4 is 0 Å². The summed E-state index contributed by atoms with van der Waals surface area (Å²) in [7, 11) is 0. The van der Waals surface area contributed by atoms with Crippen LogP contribution in [0.2, 0.25) is 0 Å². The van der Waals surface area contributed by atoms with E-state index in [0.29, 0.717) is 0 Å². The molecule has 1 fully saturated rings. The molecule has 0 amide bonds. The lowest BCUT2D eigenvalue weighted by molar-refractivity contribution is 0.134. The Morgan fingerprint density at radius 1 is 1.11 bits per heavy atom. The van der Waals surface area contributed by atoms with Gasteiger partial charge in [0.25, 0.3) is 0 Å². The molecule has 2 unspecified atom stereocenters. The lowest BCUT2D eigenvalue weighted by Crippen LogP contribution is -2.38. The Morgan fingerprint density at radius 3 is 2.33 bits per heavy atom. The zero-order chi connectivity index (χ0) is 13.0. The molecule has 2 heteroatoms. The van der Waals surface area contributed by atoms with Gasteiger partial charge in [-0.05, 0) is 42.3 Å². The normalized spacial score (nSPS) is 25.3. The van der Waals surface area contributed by atoms with Gasteiger partial charge in [0, 0.05) is 19.6 Å². The van der Waals surface area contributed by atoms with E-state index in [1.54, 1.807) is 0 Å². The maximum absolute atomic E-state index is 5.69. The minimum Gasteiger partial charge on any atom is -0.330 e. The van der Waals surface area contributed by atoms with Crippen LogP contribution in [-0.4, -0.2) is 24.5 Å². The van der Waals surface area contributed by atoms with E-state index in [-0.39, 0.29) is 0 Å². The highest BCUT2D eigenvalue weighted by Gasteiger charge is 2.22. The van der Waals surface area contributed by atoms with Crippen molar-refractivity contribution in [2.75, 3.05) is 19.6 Å². The second-order valence-electron chi connectivity index (χ2n) is 5.95. The highest BCUT2D eigenvalue weighted by atomic mass is 15.1. The summed E-state index contributed by atoms with van der Waals surface area (Å²) in [6.07, 6.45) is 2.37. The Kier molecular flexibility index (Phi) is 4.79. The Hall–Kier alpha value is -0.860. The summed E-state index contributed by atoms with van der Waals surface area (Å²) < 4.78 is 0. The van der Waals surface area contributed by atoms with Crippen LogP contribution < -0.4 is 5.73 Å². The predicted octanol–water partition coefficient (Wildman–Crippen LogP) is 2.67. The van der Waals surface area contributed by atoms with Crippen molar-refractivity contribution in [2.45, 2.75) is 33.2 Å². The minimum absolute atomic E-state index is 0.740. The van der Waals surface area contributed by atoms with E-state index in [2.05, 4.69) is 43.0 Å². The van der Waals surface area contributed by atoms with Crippen molar-refractivity contribution in [3.63, 3.8) is 0 Å². The molecular formula is C16H26N2. The van der Waals surface area contributed by atoms with Gasteiger partial charge in [0.1, 0.15) is 0 Å². The molecule has 1 aliphatic heterocycles. The molecule has 0 aromatic heterocycles. The number of nitrogens with zero attached hydrogens (tertiary/aromatic N) is 1. The molecule has 1 aromatic rings. The SMILES string of the molecule is CC1CC(C)CN(Cc2ccccc2CCN)C1. The van der Waals surface area contributed by atoms with Crippen molar-refractivity contribution in [3.05, 3.63) is 35.4 Å². The van der Waals surface area contributed by atoms with Gasteiger partial charge in [0.2, 0.25) is 0 Å². The number of rotatable bonds is 4. The summed E-state index contributed by atoms with van der Waals surface area (Å²) in [5, 5.41) is 0. The van der Waals surface area contributed by atoms with E-state index in [1.165, 1.54) is 30.6 Å². The van der Waals surface area contributed by atoms with Crippen LogP contribution in [0.15, 0.2) is 24.3 Å². The first-order chi connectivity index (χ1) is 8.69. The summed E-state index contributed by atoms with van der Waals surface area (Å²) in [4.78, 5) is 2.61. The highest BCUT2D eigenvalue weighted by molar-refractivity contribution is 5.27. The van der Waals surface area contributed by atoms with Crippen LogP contribution in [0.1, 0.15) is 31.4 Å². The molecule has 100 valence electrons. The molecule has 1 saturated heterocycles. The van der Waals surface area contributed by atoms with Gasteiger partial charge in [-0.3, -0.25) is 4.90 Å². The van der Waals surface area contributed by atoms with E-state index in [0.717, 1.165) is 31.3 Å². The van der Waals surface area contributed by atoms with Gasteiger partial charge in [-0.15, -0.1) is 0 Å². The minimum atomic E-state index is 0.740. The first kappa shape index (κ1) is 13.6. The van der Waals surface area contributed by atoms with Gasteiger partial charge in [-0.2, -0.15) is 0 Å². The molecule has 0 bridgehead atoms. The monoisotopic (exact) mass is 246 g/mol. The average Bonchev–Trinajstić information content (AvgIpc) is 2.30. The number of hydrogen-bond acceptors (Lipinski definition) is 2. The third-order valence-corrected chi connectivity index (χ3v) is 3.87. The maximum atomic E-state index is 5.69. The van der Waals surface area contributed by atoms with E-state index < -0.39 is 0 Å². The third kappa shape index (κ3) is 3.56. The molecule has 0 aliphatic carbocycles. The van der Waals surface area contributed by atoms with Gasteiger partial charge < -0.3 is 5.73 Å². The summed E-state index contributed by atoms with van der Waals surface area (Å²) in [5.41, 5.74) is 8.58. The smallest absolute Gasteiger partial charge is 0.0236 e. The lowest BCUT2D eigenvalue weighted by atomic mass is 9.91. The first-order valence-electron chi connectivity index (χ1n) is 7.18. The van der Waals surface area contributed by atoms with Crippen LogP contribution in [0.5, 0.6) is 0 Å². The second-order valence-corrected chi connectivity index (χ2v) is 5.95. The van der Waals surface area contributed by atoms with E-state index in [9.17, 15) is 0 Å². The Bertz CT molecular complexity index is 365. The Labute approximate surface area is 111 Å². The molecule has 2 rings (SSSR count). The fraction of sp³-hybridized carbons (Fsp3) is 0.625. The first-order valence-corrected chi connectivity index (χ1v) is 7.18. The van der Waals surface area contributed by atoms with Gasteiger partial charge >= 0.3 is 0 Å². The lowest BCUT2D eigenvalue weighted by Gasteiger charge is -2.35. The van der Waals surface area contributed by atoms with Gasteiger partial charge in [0.05, 0.1) is 0 Å². The molecule has 2 atom stereocenters. The summed E-state index contributed by atoms with van der Waals surface area (Å²) in [5.74, 6) is 1.66. The number of likely N-dealkylation sites (tertiary alicyclic amines) is 1. The quantitative estimate of drug-likeness (QED) is 0.885. The van der Waals surface area contributed by atoms with Crippen LogP contribution in [0.25, 0.3) is 0 Å². The molecule has 0 radical (unpaired) electrons. The fourth-order valence-corrected chi connectivity index (χ4v) is 3.27. The van der Waals surface area contributed by atoms with Crippen LogP contribution >= 0.6 is 0 Å². The molecular weight excluding hydrogens is 220 g/mol. The summed E-state index contributed by atoms with van der Waals surface area (Å²) in [6.45, 7) is 9.04. The maximum Gasteiger partial charge on any atom is 0.0236 e. The van der Waals surface area contributed by atoms with Crippen molar-refractivity contribution in [3.8, 4) is 0 Å². The standard InChI is InChI=1S/C16H26N2/c1-13-9-14(2)11-18(10-13)12-16-6-4-3-5-15(16)7-8-17/h3-6,13-14H,7-12,17H2,1-2H3. The van der Waals surface area contributed by atoms with Crippen LogP contribution in [0.3, 0.4) is 0 Å². The van der Waals surface area contributed by atoms with Gasteiger partial charge in [0.15, 0.2) is 0 Å². The summed E-state index contributed by atoms with van der Waals surface area (Å²) in [6, 6.07) is 8.75. The van der Waals surface area contributed by atoms with Crippen LogP contribution in [0.4, 0.5) is 0 Å². The number of nitrogens with two attached hydrogens (primary N) is 1. The zero-order valence-corrected chi connectivity index (χ0v) is 11.7. The largest absolute Gasteiger partial charge is 0.330 e. The second kappa shape index (κ2) is 6.35. The van der Waals surface area contributed by atoms with Gasteiger partial charge in [-0.1, -0.05) is 38.1 Å². The van der Waals surface area contributed by atoms with Crippen LogP contribution in [0, 0.1) is 11.8 Å². The van der Waals surface area contributed by atoms with Crippen molar-refractivity contribution in [2.24, 2.45) is 17.6 Å². The summed E-state index contributed by atoms with van der Waals surface area (Å²) >= 11 is 0. The molecule has 18 heavy (non-hydrogen) atoms. The Morgan fingerprint density at radius 2 is 1.72 bits per heavy atom. The average molecular weight is 246 g/mol. The molecule has 1 heterocycles. The van der Waals surface area contributed by atoms with Crippen molar-refractivity contribution in [1.29, 1.82) is 0 Å². The van der Waals surface area contributed by atoms with Crippen LogP contribution in [-0.2, 0) is 13.0 Å². The number of piperidine rings is 1. The van der Waals surface area contributed by atoms with E-state index in [1.807, 2.05) is 0 Å². The van der Waals surface area contributed by atoms with Crippen molar-refractivity contribution in [1.82, 2.24) is 4.90 Å². The molecule has 0 saturated carbocycles. The molecule has 2 nitrogen and oxygen atoms in total. The highest BCUT2D eigenvalue weighted by Crippen LogP contribution is 2.23. The molecule has 1 aromatic carbocycles. The van der Waals surface area contributed by atoms with Gasteiger partial charge in [-0.25, -0.2) is 0 Å². The third-order valence-electron chi connectivity index (χ3n) is 3.87. The molecule has 2 N–H and O–H groups in total. The topological polar surface area (TPSA) is 29.3 Å². The Balaban J connectivity index is 2.04.